The van der Waals surface area contributed by atoms with Gasteiger partial charge in [0.1, 0.15) is 6.26 Å². The van der Waals surface area contributed by atoms with Crippen LogP contribution in [0.2, 0.25) is 0 Å². The Balaban J connectivity index is 0. The molecule has 0 amide bonds. The normalized spacial score (nSPS) is 9.12. The van der Waals surface area contributed by atoms with Crippen molar-refractivity contribution >= 4 is 29.3 Å². The van der Waals surface area contributed by atoms with E-state index >= 15 is 0 Å². The van der Waals surface area contributed by atoms with Gasteiger partial charge in [-0.1, -0.05) is 6.58 Å². The molecule has 0 aliphatic rings. The number of rotatable bonds is 2. The van der Waals surface area contributed by atoms with Crippen LogP contribution in [0, 0.1) is 0 Å². The van der Waals surface area contributed by atoms with Gasteiger partial charge < -0.3 is 4.18 Å². The average molecular weight is 132 g/mol. The SMILES string of the molecule is C=COS(=O)(=O)O.[LiH]. The van der Waals surface area contributed by atoms with E-state index in [2.05, 4.69) is 10.8 Å². The van der Waals surface area contributed by atoms with Gasteiger partial charge in [-0.15, -0.1) is 0 Å². The zero-order valence-electron chi connectivity index (χ0n) is 3.36. The van der Waals surface area contributed by atoms with Gasteiger partial charge in [0.05, 0.1) is 0 Å². The fourth-order valence-corrected chi connectivity index (χ4v) is 0.258. The molecule has 0 aromatic carbocycles. The zero-order chi connectivity index (χ0) is 5.91. The second kappa shape index (κ2) is 3.98. The zero-order valence-corrected chi connectivity index (χ0v) is 4.18. The van der Waals surface area contributed by atoms with Gasteiger partial charge in [-0.25, -0.2) is 0 Å². The van der Waals surface area contributed by atoms with Crippen molar-refractivity contribution in [3.8, 4) is 0 Å². The molecule has 8 heavy (non-hydrogen) atoms. The van der Waals surface area contributed by atoms with E-state index in [4.69, 9.17) is 4.55 Å². The maximum absolute atomic E-state index is 9.49. The first kappa shape index (κ1) is 10.9. The Morgan fingerprint density at radius 1 is 1.62 bits per heavy atom. The minimum atomic E-state index is -4.29. The van der Waals surface area contributed by atoms with Gasteiger partial charge in [0, 0.05) is 0 Å². The van der Waals surface area contributed by atoms with E-state index in [1.165, 1.54) is 0 Å². The standard InChI is InChI=1S/C2H4O4S.Li.H/c1-2-6-7(3,4)5;;/h2H,1H2,(H,3,4,5);;. The first-order valence-electron chi connectivity index (χ1n) is 1.33. The molecule has 0 aromatic heterocycles. The van der Waals surface area contributed by atoms with Gasteiger partial charge in [0.15, 0.2) is 0 Å². The van der Waals surface area contributed by atoms with Crippen LogP contribution < -0.4 is 0 Å². The van der Waals surface area contributed by atoms with Crippen LogP contribution in [0.4, 0.5) is 0 Å². The van der Waals surface area contributed by atoms with E-state index in [0.717, 1.165) is 0 Å². The summed E-state index contributed by atoms with van der Waals surface area (Å²) < 4.78 is 30.2. The van der Waals surface area contributed by atoms with Crippen molar-refractivity contribution in [1.29, 1.82) is 0 Å². The third-order valence-corrected chi connectivity index (χ3v) is 0.569. The molecule has 4 nitrogen and oxygen atoms in total. The second-order valence-electron chi connectivity index (χ2n) is 0.691. The molecule has 0 saturated heterocycles. The van der Waals surface area contributed by atoms with E-state index in [9.17, 15) is 8.42 Å². The first-order chi connectivity index (χ1) is 3.06. The Hall–Kier alpha value is 0.0474. The van der Waals surface area contributed by atoms with Crippen molar-refractivity contribution in [1.82, 2.24) is 0 Å². The molecule has 0 fully saturated rings. The van der Waals surface area contributed by atoms with Gasteiger partial charge in [-0.3, -0.25) is 4.55 Å². The van der Waals surface area contributed by atoms with Gasteiger partial charge in [0.2, 0.25) is 0 Å². The van der Waals surface area contributed by atoms with Crippen LogP contribution >= 0.6 is 0 Å². The quantitative estimate of drug-likeness (QED) is 0.306. The third-order valence-electron chi connectivity index (χ3n) is 0.190. The minimum absolute atomic E-state index is 0. The van der Waals surface area contributed by atoms with Crippen molar-refractivity contribution in [2.24, 2.45) is 0 Å². The fraction of sp³-hybridized carbons (Fsp3) is 0. The Kier molecular flexibility index (Phi) is 5.44. The molecule has 0 aliphatic heterocycles. The Morgan fingerprint density at radius 3 is 2.00 bits per heavy atom. The van der Waals surface area contributed by atoms with Crippen molar-refractivity contribution in [2.75, 3.05) is 0 Å². The summed E-state index contributed by atoms with van der Waals surface area (Å²) in [5, 5.41) is 0. The summed E-state index contributed by atoms with van der Waals surface area (Å²) in [6.07, 6.45) is 0.620. The van der Waals surface area contributed by atoms with Crippen LogP contribution in [0.5, 0.6) is 0 Å². The Bertz CT molecular complexity index is 147. The van der Waals surface area contributed by atoms with Crippen LogP contribution in [0.3, 0.4) is 0 Å². The predicted octanol–water partition coefficient (Wildman–Crippen LogP) is -0.699. The molecule has 1 N–H and O–H groups in total. The van der Waals surface area contributed by atoms with Crippen LogP contribution in [-0.4, -0.2) is 31.8 Å². The average Bonchev–Trinajstić information content (AvgIpc) is 1.30. The molecule has 0 unspecified atom stereocenters. The fourth-order valence-electron chi connectivity index (χ4n) is 0.0860. The second-order valence-corrected chi connectivity index (χ2v) is 1.74. The summed E-state index contributed by atoms with van der Waals surface area (Å²) >= 11 is 0. The van der Waals surface area contributed by atoms with Crippen molar-refractivity contribution < 1.29 is 17.2 Å². The molecule has 0 atom stereocenters. The summed E-state index contributed by atoms with van der Waals surface area (Å²) in [6.45, 7) is 2.88. The summed E-state index contributed by atoms with van der Waals surface area (Å²) in [5.74, 6) is 0. The molecule has 0 spiro atoms. The van der Waals surface area contributed by atoms with E-state index in [1.807, 2.05) is 0 Å². The van der Waals surface area contributed by atoms with Crippen LogP contribution in [0.25, 0.3) is 0 Å². The van der Waals surface area contributed by atoms with Gasteiger partial charge in [-0.2, -0.15) is 8.42 Å². The molecular formula is C2H5LiO4S. The molecule has 0 saturated carbocycles. The van der Waals surface area contributed by atoms with Crippen LogP contribution in [-0.2, 0) is 14.6 Å². The summed E-state index contributed by atoms with van der Waals surface area (Å²) in [4.78, 5) is 0. The molecular weight excluding hydrogens is 127 g/mol. The van der Waals surface area contributed by atoms with Gasteiger partial charge >= 0.3 is 29.3 Å². The van der Waals surface area contributed by atoms with Crippen molar-refractivity contribution in [3.63, 3.8) is 0 Å². The van der Waals surface area contributed by atoms with E-state index < -0.39 is 10.4 Å². The Labute approximate surface area is 59.7 Å². The van der Waals surface area contributed by atoms with Gasteiger partial charge in [-0.05, 0) is 0 Å². The summed E-state index contributed by atoms with van der Waals surface area (Å²) in [6, 6.07) is 0. The molecule has 44 valence electrons. The first-order valence-corrected chi connectivity index (χ1v) is 2.69. The topological polar surface area (TPSA) is 63.6 Å². The van der Waals surface area contributed by atoms with Crippen molar-refractivity contribution in [2.45, 2.75) is 0 Å². The molecule has 0 radical (unpaired) electrons. The molecule has 0 bridgehead atoms. The molecule has 0 heterocycles. The van der Waals surface area contributed by atoms with E-state index in [1.54, 1.807) is 0 Å². The summed E-state index contributed by atoms with van der Waals surface area (Å²) in [7, 11) is -4.29. The summed E-state index contributed by atoms with van der Waals surface area (Å²) in [5.41, 5.74) is 0. The molecule has 0 aliphatic carbocycles. The van der Waals surface area contributed by atoms with E-state index in [0.29, 0.717) is 6.26 Å². The monoisotopic (exact) mass is 132 g/mol. The number of hydrogen-bond acceptors (Lipinski definition) is 3. The molecule has 6 heteroatoms. The third kappa shape index (κ3) is 9.40. The predicted molar refractivity (Wildman–Crippen MR) is 30.0 cm³/mol. The van der Waals surface area contributed by atoms with Crippen LogP contribution in [0.15, 0.2) is 12.8 Å². The Morgan fingerprint density at radius 2 is 2.00 bits per heavy atom. The van der Waals surface area contributed by atoms with Crippen molar-refractivity contribution in [3.05, 3.63) is 12.8 Å². The molecule has 0 rings (SSSR count). The van der Waals surface area contributed by atoms with Gasteiger partial charge in [0.25, 0.3) is 0 Å². The maximum atomic E-state index is 9.49. The van der Waals surface area contributed by atoms with E-state index in [-0.39, 0.29) is 18.9 Å². The molecule has 0 aromatic rings. The van der Waals surface area contributed by atoms with Crippen LogP contribution in [0.1, 0.15) is 0 Å². The number of hydrogen-bond donors (Lipinski definition) is 1.